The Hall–Kier alpha value is -3.40. The van der Waals surface area contributed by atoms with Crippen molar-refractivity contribution >= 4 is 12.6 Å². The molecule has 2 aliphatic heterocycles. The predicted octanol–water partition coefficient (Wildman–Crippen LogP) is 3.87. The van der Waals surface area contributed by atoms with Crippen molar-refractivity contribution in [3.63, 3.8) is 0 Å². The monoisotopic (exact) mass is 518 g/mol. The molecule has 1 aromatic heterocycles. The van der Waals surface area contributed by atoms with Gasteiger partial charge in [-0.25, -0.2) is 0 Å². The van der Waals surface area contributed by atoms with Crippen LogP contribution in [0, 0.1) is 0 Å². The molecular weight excluding hydrogens is 488 g/mol. The molecule has 6 atom stereocenters. The molecule has 1 N–H and O–H groups in total. The second-order valence-electron chi connectivity index (χ2n) is 9.50. The number of aliphatic hydroxyl groups is 1. The van der Waals surface area contributed by atoms with E-state index in [9.17, 15) is 14.7 Å². The van der Waals surface area contributed by atoms with Crippen LogP contribution in [-0.2, 0) is 47.4 Å². The molecule has 3 heterocycles. The minimum Gasteiger partial charge on any atom is -0.466 e. The highest BCUT2D eigenvalue weighted by atomic mass is 16.8. The van der Waals surface area contributed by atoms with Crippen LogP contribution < -0.4 is 0 Å². The number of benzene rings is 2. The predicted molar refractivity (Wildman–Crippen MR) is 136 cm³/mol. The molecule has 0 unspecified atom stereocenters. The van der Waals surface area contributed by atoms with E-state index in [4.69, 9.17) is 23.4 Å². The van der Waals surface area contributed by atoms with Crippen molar-refractivity contribution in [2.75, 3.05) is 0 Å². The van der Waals surface area contributed by atoms with Crippen LogP contribution in [0.4, 0.5) is 0 Å². The molecule has 0 radical (unpaired) electrons. The highest BCUT2D eigenvalue weighted by molar-refractivity contribution is 5.74. The summed E-state index contributed by atoms with van der Waals surface area (Å²) in [6.45, 7) is 4.04. The van der Waals surface area contributed by atoms with E-state index in [1.807, 2.05) is 60.7 Å². The molecule has 2 aromatic carbocycles. The zero-order chi connectivity index (χ0) is 26.6. The minimum absolute atomic E-state index is 0.0592. The summed E-state index contributed by atoms with van der Waals surface area (Å²) in [6.07, 6.45) is 0.914. The van der Waals surface area contributed by atoms with Crippen LogP contribution in [0.25, 0.3) is 0 Å². The molecule has 198 valence electrons. The molecule has 2 fully saturated rings. The third-order valence-corrected chi connectivity index (χ3v) is 7.24. The average molecular weight is 519 g/mol. The van der Waals surface area contributed by atoms with Crippen LogP contribution in [0.5, 0.6) is 0 Å². The molecule has 3 aromatic rings. The van der Waals surface area contributed by atoms with Gasteiger partial charge in [0.25, 0.3) is 0 Å². The highest BCUT2D eigenvalue weighted by Gasteiger charge is 2.79. The van der Waals surface area contributed by atoms with Crippen molar-refractivity contribution < 1.29 is 38.1 Å². The van der Waals surface area contributed by atoms with Gasteiger partial charge < -0.3 is 33.3 Å². The zero-order valence-corrected chi connectivity index (χ0v) is 20.8. The van der Waals surface area contributed by atoms with E-state index in [-0.39, 0.29) is 25.4 Å². The minimum atomic E-state index is -2.33. The summed E-state index contributed by atoms with van der Waals surface area (Å²) in [6, 6.07) is 21.9. The lowest BCUT2D eigenvalue weighted by Crippen LogP contribution is -2.69. The molecular formula is C30H30O8. The first-order valence-electron chi connectivity index (χ1n) is 12.5. The summed E-state index contributed by atoms with van der Waals surface area (Å²) in [5.41, 5.74) is -2.70. The number of hydrogen-bond acceptors (Lipinski definition) is 8. The van der Waals surface area contributed by atoms with Crippen LogP contribution in [0.15, 0.2) is 96.1 Å². The van der Waals surface area contributed by atoms with E-state index in [1.165, 1.54) is 12.3 Å². The average Bonchev–Trinajstić information content (AvgIpc) is 3.58. The van der Waals surface area contributed by atoms with Crippen LogP contribution >= 0.6 is 0 Å². The Morgan fingerprint density at radius 2 is 1.53 bits per heavy atom. The van der Waals surface area contributed by atoms with E-state index in [0.717, 1.165) is 11.1 Å². The molecule has 8 heteroatoms. The second kappa shape index (κ2) is 10.8. The van der Waals surface area contributed by atoms with Crippen molar-refractivity contribution in [1.29, 1.82) is 0 Å². The quantitative estimate of drug-likeness (QED) is 0.285. The van der Waals surface area contributed by atoms with Crippen LogP contribution in [0.1, 0.15) is 29.7 Å². The largest absolute Gasteiger partial charge is 0.466 e. The van der Waals surface area contributed by atoms with Gasteiger partial charge >= 0.3 is 0 Å². The van der Waals surface area contributed by atoms with Gasteiger partial charge in [0, 0.05) is 6.42 Å². The van der Waals surface area contributed by atoms with Crippen LogP contribution in [-0.4, -0.2) is 47.4 Å². The molecule has 38 heavy (non-hydrogen) atoms. The Balaban J connectivity index is 1.63. The normalized spacial score (nSPS) is 32.1. The Kier molecular flexibility index (Phi) is 7.43. The van der Waals surface area contributed by atoms with E-state index in [0.29, 0.717) is 19.0 Å². The fourth-order valence-electron chi connectivity index (χ4n) is 5.40. The molecule has 0 spiro atoms. The molecule has 0 saturated carbocycles. The third kappa shape index (κ3) is 4.24. The van der Waals surface area contributed by atoms with Crippen molar-refractivity contribution in [1.82, 2.24) is 0 Å². The zero-order valence-electron chi connectivity index (χ0n) is 20.8. The van der Waals surface area contributed by atoms with Gasteiger partial charge in [0.15, 0.2) is 35.7 Å². The lowest BCUT2D eigenvalue weighted by molar-refractivity contribution is -0.380. The maximum atomic E-state index is 13.1. The molecule has 8 nitrogen and oxygen atoms in total. The number of allylic oxidation sites excluding steroid dienone is 1. The third-order valence-electron chi connectivity index (χ3n) is 7.24. The summed E-state index contributed by atoms with van der Waals surface area (Å²) in [5, 5.41) is 12.2. The van der Waals surface area contributed by atoms with Gasteiger partial charge in [0.1, 0.15) is 18.0 Å². The first-order valence-corrected chi connectivity index (χ1v) is 12.5. The van der Waals surface area contributed by atoms with E-state index < -0.39 is 35.3 Å². The molecule has 2 saturated heterocycles. The first kappa shape index (κ1) is 26.2. The number of rotatable bonds is 12. The molecule has 2 bridgehead atoms. The SMILES string of the molecule is C=CCC[C@]12O[C@H](C=O)[C@@](O)(c3ccco3)[C@](C=O)(O1)[C@H](OCc1ccccc1)[C@H]2OCc1ccccc1. The smallest absolute Gasteiger partial charge is 0.200 e. The Labute approximate surface area is 220 Å². The summed E-state index contributed by atoms with van der Waals surface area (Å²) in [7, 11) is 0. The first-order chi connectivity index (χ1) is 18.5. The van der Waals surface area contributed by atoms with E-state index in [2.05, 4.69) is 6.58 Å². The molecule has 0 aliphatic carbocycles. The van der Waals surface area contributed by atoms with Crippen molar-refractivity contribution in [2.24, 2.45) is 0 Å². The van der Waals surface area contributed by atoms with Gasteiger partial charge in [-0.15, -0.1) is 6.58 Å². The Morgan fingerprint density at radius 1 is 0.895 bits per heavy atom. The maximum absolute atomic E-state index is 13.1. The lowest BCUT2D eigenvalue weighted by atomic mass is 9.74. The topological polar surface area (TPSA) is 104 Å². The number of furan rings is 1. The summed E-state index contributed by atoms with van der Waals surface area (Å²) >= 11 is 0. The summed E-state index contributed by atoms with van der Waals surface area (Å²) in [5.74, 6) is -1.65. The number of fused-ring (bicyclic) bond motifs is 2. The van der Waals surface area contributed by atoms with Crippen molar-refractivity contribution in [2.45, 2.75) is 61.4 Å². The van der Waals surface area contributed by atoms with Gasteiger partial charge in [0.05, 0.1) is 19.5 Å². The number of carbonyl (C=O) groups is 2. The van der Waals surface area contributed by atoms with Gasteiger partial charge in [-0.2, -0.15) is 0 Å². The summed E-state index contributed by atoms with van der Waals surface area (Å²) in [4.78, 5) is 25.6. The highest BCUT2D eigenvalue weighted by Crippen LogP contribution is 2.58. The number of aldehydes is 2. The van der Waals surface area contributed by atoms with E-state index in [1.54, 1.807) is 12.1 Å². The Bertz CT molecular complexity index is 1230. The summed E-state index contributed by atoms with van der Waals surface area (Å²) < 4.78 is 31.0. The second-order valence-corrected chi connectivity index (χ2v) is 9.50. The molecule has 2 aliphatic rings. The standard InChI is InChI=1S/C30H30O8/c1-2-3-16-29-27(36-20-23-13-8-5-9-14-23)26(35-19-22-11-6-4-7-12-22)28(21-32,38-29)30(33,25(18-31)37-29)24-15-10-17-34-24/h2,4-15,17-18,21,25-27,33H,1,3,16,19-20H2/t25-,26-,27-,28-,29+,30+/m1/s1. The van der Waals surface area contributed by atoms with Gasteiger partial charge in [-0.3, -0.25) is 4.79 Å². The molecule has 5 rings (SSSR count). The van der Waals surface area contributed by atoms with Crippen LogP contribution in [0.2, 0.25) is 0 Å². The Morgan fingerprint density at radius 3 is 2.05 bits per heavy atom. The van der Waals surface area contributed by atoms with Gasteiger partial charge in [-0.1, -0.05) is 66.7 Å². The molecule has 0 amide bonds. The van der Waals surface area contributed by atoms with Gasteiger partial charge in [0.2, 0.25) is 0 Å². The lowest BCUT2D eigenvalue weighted by Gasteiger charge is -2.50. The van der Waals surface area contributed by atoms with Crippen molar-refractivity contribution in [3.8, 4) is 0 Å². The number of hydrogen-bond donors (Lipinski definition) is 1. The number of carbonyl (C=O) groups excluding carboxylic acids is 2. The number of ether oxygens (including phenoxy) is 4. The van der Waals surface area contributed by atoms with Gasteiger partial charge in [-0.05, 0) is 29.7 Å². The maximum Gasteiger partial charge on any atom is 0.200 e. The van der Waals surface area contributed by atoms with E-state index >= 15 is 0 Å². The van der Waals surface area contributed by atoms with Crippen molar-refractivity contribution in [3.05, 3.63) is 109 Å². The van der Waals surface area contributed by atoms with Crippen LogP contribution in [0.3, 0.4) is 0 Å². The fourth-order valence-corrected chi connectivity index (χ4v) is 5.40. The fraction of sp³-hybridized carbons (Fsp3) is 0.333.